The Bertz CT molecular complexity index is 286. The first-order chi connectivity index (χ1) is 5.99. The van der Waals surface area contributed by atoms with E-state index in [2.05, 4.69) is 5.92 Å². The Morgan fingerprint density at radius 2 is 2.15 bits per heavy atom. The van der Waals surface area contributed by atoms with Gasteiger partial charge in [-0.3, -0.25) is 14.5 Å². The van der Waals surface area contributed by atoms with Gasteiger partial charge in [-0.15, -0.1) is 12.3 Å². The average molecular weight is 179 g/mol. The van der Waals surface area contributed by atoms with E-state index in [9.17, 15) is 9.59 Å². The minimum atomic E-state index is -0.536. The Hall–Kier alpha value is -1.30. The van der Waals surface area contributed by atoms with E-state index in [1.165, 1.54) is 4.90 Å². The van der Waals surface area contributed by atoms with Crippen molar-refractivity contribution >= 4 is 11.8 Å². The topological polar surface area (TPSA) is 37.4 Å². The van der Waals surface area contributed by atoms with E-state index < -0.39 is 5.41 Å². The summed E-state index contributed by atoms with van der Waals surface area (Å²) in [6.07, 6.45) is 5.81. The van der Waals surface area contributed by atoms with Crippen LogP contribution in [-0.4, -0.2) is 23.3 Å². The molecule has 0 spiro atoms. The molecule has 13 heavy (non-hydrogen) atoms. The van der Waals surface area contributed by atoms with Crippen LogP contribution in [0.5, 0.6) is 0 Å². The number of terminal acetylenes is 1. The van der Waals surface area contributed by atoms with Crippen molar-refractivity contribution in [1.82, 2.24) is 4.90 Å². The molecule has 0 aromatic carbocycles. The van der Waals surface area contributed by atoms with Crippen LogP contribution >= 0.6 is 0 Å². The molecule has 2 amide bonds. The Balaban J connectivity index is 2.72. The fraction of sp³-hybridized carbons (Fsp3) is 0.600. The van der Waals surface area contributed by atoms with E-state index in [0.29, 0.717) is 19.4 Å². The highest BCUT2D eigenvalue weighted by molar-refractivity contribution is 6.05. The van der Waals surface area contributed by atoms with Gasteiger partial charge >= 0.3 is 0 Å². The van der Waals surface area contributed by atoms with Gasteiger partial charge in [-0.1, -0.05) is 13.8 Å². The summed E-state index contributed by atoms with van der Waals surface area (Å²) in [5.74, 6) is 2.21. The highest BCUT2D eigenvalue weighted by atomic mass is 16.2. The van der Waals surface area contributed by atoms with Crippen LogP contribution in [0, 0.1) is 17.8 Å². The molecule has 0 atom stereocenters. The monoisotopic (exact) mass is 179 g/mol. The molecule has 1 saturated heterocycles. The van der Waals surface area contributed by atoms with Crippen LogP contribution in [0.3, 0.4) is 0 Å². The predicted octanol–water partition coefficient (Wildman–Crippen LogP) is 0.795. The quantitative estimate of drug-likeness (QED) is 0.464. The lowest BCUT2D eigenvalue weighted by molar-refractivity contribution is -0.140. The number of carbonyl (C=O) groups is 2. The van der Waals surface area contributed by atoms with Crippen molar-refractivity contribution < 1.29 is 9.59 Å². The van der Waals surface area contributed by atoms with Crippen molar-refractivity contribution in [2.24, 2.45) is 5.41 Å². The maximum absolute atomic E-state index is 11.6. The lowest BCUT2D eigenvalue weighted by Gasteiger charge is -2.16. The number of hydrogen-bond donors (Lipinski definition) is 0. The summed E-state index contributed by atoms with van der Waals surface area (Å²) in [5, 5.41) is 0. The van der Waals surface area contributed by atoms with Crippen molar-refractivity contribution in [2.45, 2.75) is 26.7 Å². The third-order valence-corrected chi connectivity index (χ3v) is 2.20. The van der Waals surface area contributed by atoms with Crippen LogP contribution in [0.4, 0.5) is 0 Å². The van der Waals surface area contributed by atoms with Crippen molar-refractivity contribution in [1.29, 1.82) is 0 Å². The Morgan fingerprint density at radius 1 is 1.54 bits per heavy atom. The first-order valence-corrected chi connectivity index (χ1v) is 4.27. The number of rotatable bonds is 2. The highest BCUT2D eigenvalue weighted by Gasteiger charge is 2.44. The predicted molar refractivity (Wildman–Crippen MR) is 48.6 cm³/mol. The summed E-state index contributed by atoms with van der Waals surface area (Å²) in [6, 6.07) is 0. The van der Waals surface area contributed by atoms with E-state index in [1.54, 1.807) is 13.8 Å². The Labute approximate surface area is 78.1 Å². The zero-order chi connectivity index (χ0) is 10.1. The van der Waals surface area contributed by atoms with Crippen LogP contribution in [0.1, 0.15) is 26.7 Å². The first kappa shape index (κ1) is 9.79. The van der Waals surface area contributed by atoms with Gasteiger partial charge in [-0.05, 0) is 0 Å². The van der Waals surface area contributed by atoms with Crippen LogP contribution in [0.2, 0.25) is 0 Å². The molecule has 3 nitrogen and oxygen atoms in total. The number of nitrogens with zero attached hydrogens (tertiary/aromatic N) is 1. The van der Waals surface area contributed by atoms with E-state index in [0.717, 1.165) is 0 Å². The summed E-state index contributed by atoms with van der Waals surface area (Å²) in [7, 11) is 0. The average Bonchev–Trinajstić information content (AvgIpc) is 2.21. The van der Waals surface area contributed by atoms with Gasteiger partial charge in [0.05, 0.1) is 5.41 Å². The first-order valence-electron chi connectivity index (χ1n) is 4.27. The lowest BCUT2D eigenvalue weighted by atomic mass is 9.92. The van der Waals surface area contributed by atoms with Crippen LogP contribution in [-0.2, 0) is 9.59 Å². The molecule has 1 aliphatic rings. The van der Waals surface area contributed by atoms with E-state index in [4.69, 9.17) is 6.42 Å². The maximum atomic E-state index is 11.6. The summed E-state index contributed by atoms with van der Waals surface area (Å²) in [5.41, 5.74) is -0.536. The normalized spacial score (nSPS) is 20.5. The minimum absolute atomic E-state index is 0.104. The molecule has 0 radical (unpaired) electrons. The fourth-order valence-corrected chi connectivity index (χ4v) is 1.43. The molecular weight excluding hydrogens is 166 g/mol. The fourth-order valence-electron chi connectivity index (χ4n) is 1.43. The molecule has 1 fully saturated rings. The highest BCUT2D eigenvalue weighted by Crippen LogP contribution is 2.31. The van der Waals surface area contributed by atoms with Crippen molar-refractivity contribution in [3.63, 3.8) is 0 Å². The van der Waals surface area contributed by atoms with E-state index >= 15 is 0 Å². The van der Waals surface area contributed by atoms with E-state index in [1.807, 2.05) is 0 Å². The molecule has 1 rings (SSSR count). The second-order valence-corrected chi connectivity index (χ2v) is 3.87. The van der Waals surface area contributed by atoms with Gasteiger partial charge in [0, 0.05) is 19.4 Å². The largest absolute Gasteiger partial charge is 0.281 e. The summed E-state index contributed by atoms with van der Waals surface area (Å²) < 4.78 is 0. The maximum Gasteiger partial charge on any atom is 0.235 e. The second-order valence-electron chi connectivity index (χ2n) is 3.87. The number of amides is 2. The molecule has 0 aliphatic carbocycles. The molecule has 0 N–H and O–H groups in total. The van der Waals surface area contributed by atoms with Gasteiger partial charge in [0.15, 0.2) is 0 Å². The Kier molecular flexibility index (Phi) is 2.42. The molecule has 0 unspecified atom stereocenters. The standard InChI is InChI=1S/C10H13NO2/c1-4-5-6-11-8(12)7-10(2,3)9(11)13/h1H,5-7H2,2-3H3. The molecule has 70 valence electrons. The van der Waals surface area contributed by atoms with Crippen LogP contribution < -0.4 is 0 Å². The van der Waals surface area contributed by atoms with Gasteiger partial charge < -0.3 is 0 Å². The minimum Gasteiger partial charge on any atom is -0.281 e. The SMILES string of the molecule is C#CCCN1C(=O)CC(C)(C)C1=O. The molecule has 0 bridgehead atoms. The third-order valence-electron chi connectivity index (χ3n) is 2.20. The Morgan fingerprint density at radius 3 is 2.54 bits per heavy atom. The molecule has 1 heterocycles. The van der Waals surface area contributed by atoms with Crippen LogP contribution in [0.15, 0.2) is 0 Å². The van der Waals surface area contributed by atoms with Crippen molar-refractivity contribution in [3.05, 3.63) is 0 Å². The van der Waals surface area contributed by atoms with E-state index in [-0.39, 0.29) is 11.8 Å². The zero-order valence-electron chi connectivity index (χ0n) is 7.96. The van der Waals surface area contributed by atoms with Crippen LogP contribution in [0.25, 0.3) is 0 Å². The molecule has 0 saturated carbocycles. The zero-order valence-corrected chi connectivity index (χ0v) is 7.96. The molecule has 3 heteroatoms. The summed E-state index contributed by atoms with van der Waals surface area (Å²) in [4.78, 5) is 24.2. The number of hydrogen-bond acceptors (Lipinski definition) is 2. The molecule has 1 aliphatic heterocycles. The van der Waals surface area contributed by atoms with Gasteiger partial charge in [-0.2, -0.15) is 0 Å². The van der Waals surface area contributed by atoms with Crippen molar-refractivity contribution in [2.75, 3.05) is 6.54 Å². The smallest absolute Gasteiger partial charge is 0.235 e. The second kappa shape index (κ2) is 3.21. The number of likely N-dealkylation sites (tertiary alicyclic amines) is 1. The van der Waals surface area contributed by atoms with Gasteiger partial charge in [0.25, 0.3) is 0 Å². The molecular formula is C10H13NO2. The van der Waals surface area contributed by atoms with Crippen molar-refractivity contribution in [3.8, 4) is 12.3 Å². The third kappa shape index (κ3) is 1.72. The lowest BCUT2D eigenvalue weighted by Crippen LogP contribution is -2.33. The summed E-state index contributed by atoms with van der Waals surface area (Å²) >= 11 is 0. The number of imide groups is 1. The van der Waals surface area contributed by atoms with Gasteiger partial charge in [0.2, 0.25) is 11.8 Å². The molecule has 0 aromatic heterocycles. The number of carbonyl (C=O) groups excluding carboxylic acids is 2. The summed E-state index contributed by atoms with van der Waals surface area (Å²) in [6.45, 7) is 3.92. The van der Waals surface area contributed by atoms with Gasteiger partial charge in [0.1, 0.15) is 0 Å². The van der Waals surface area contributed by atoms with Gasteiger partial charge in [-0.25, -0.2) is 0 Å². The molecule has 0 aromatic rings.